The lowest BCUT2D eigenvalue weighted by Crippen LogP contribution is -2.41. The number of ether oxygens (including phenoxy) is 2. The minimum atomic E-state index is -0.0418. The fraction of sp³-hybridized carbons (Fsp3) is 0.500. The summed E-state index contributed by atoms with van der Waals surface area (Å²) in [5.74, 6) is 0.611. The van der Waals surface area contributed by atoms with E-state index in [2.05, 4.69) is 47.4 Å². The van der Waals surface area contributed by atoms with E-state index in [1.807, 2.05) is 30.3 Å². The van der Waals surface area contributed by atoms with Crippen LogP contribution in [0.1, 0.15) is 37.6 Å². The molecule has 7 heteroatoms. The number of benzene rings is 1. The molecule has 2 saturated heterocycles. The van der Waals surface area contributed by atoms with Gasteiger partial charge >= 0.3 is 0 Å². The molecule has 0 bridgehead atoms. The number of nitrogens with one attached hydrogen (secondary N) is 2. The molecule has 29 heavy (non-hydrogen) atoms. The van der Waals surface area contributed by atoms with E-state index < -0.39 is 0 Å². The first kappa shape index (κ1) is 19.8. The van der Waals surface area contributed by atoms with Gasteiger partial charge in [0, 0.05) is 18.2 Å². The van der Waals surface area contributed by atoms with Gasteiger partial charge in [-0.15, -0.1) is 0 Å². The molecule has 152 valence electrons. The number of nitrogens with zero attached hydrogens (tertiary/aromatic N) is 3. The summed E-state index contributed by atoms with van der Waals surface area (Å²) in [5, 5.41) is 16.0. The van der Waals surface area contributed by atoms with Gasteiger partial charge in [-0.2, -0.15) is 5.26 Å². The summed E-state index contributed by atoms with van der Waals surface area (Å²) >= 11 is 0. The molecule has 1 aromatic heterocycles. The van der Waals surface area contributed by atoms with E-state index >= 15 is 0 Å². The topological polar surface area (TPSA) is 92.1 Å². The third-order valence-electron chi connectivity index (χ3n) is 5.42. The van der Waals surface area contributed by atoms with Crippen molar-refractivity contribution in [1.29, 1.82) is 5.26 Å². The number of hydrogen-bond donors (Lipinski definition) is 2. The Bertz CT molecular complexity index is 905. The van der Waals surface area contributed by atoms with Crippen molar-refractivity contribution in [3.63, 3.8) is 0 Å². The Balaban J connectivity index is 1.36. The summed E-state index contributed by atoms with van der Waals surface area (Å²) in [6, 6.07) is 11.9. The molecule has 0 aliphatic carbocycles. The summed E-state index contributed by atoms with van der Waals surface area (Å²) in [7, 11) is 0. The van der Waals surface area contributed by atoms with E-state index in [-0.39, 0.29) is 29.7 Å². The predicted molar refractivity (Wildman–Crippen MR) is 109 cm³/mol. The molecule has 4 atom stereocenters. The second kappa shape index (κ2) is 8.07. The highest BCUT2D eigenvalue weighted by molar-refractivity contribution is 5.33. The van der Waals surface area contributed by atoms with Crippen molar-refractivity contribution in [2.24, 2.45) is 0 Å². The first-order valence-electron chi connectivity index (χ1n) is 10.00. The third kappa shape index (κ3) is 4.40. The van der Waals surface area contributed by atoms with E-state index in [0.29, 0.717) is 31.3 Å². The Morgan fingerprint density at radius 3 is 2.66 bits per heavy atom. The van der Waals surface area contributed by atoms with E-state index in [9.17, 15) is 0 Å². The van der Waals surface area contributed by atoms with Gasteiger partial charge in [0.05, 0.1) is 42.6 Å². The summed E-state index contributed by atoms with van der Waals surface area (Å²) in [6.07, 6.45) is 1.73. The number of hydrogen-bond acceptors (Lipinski definition) is 7. The first-order valence-corrected chi connectivity index (χ1v) is 10.00. The summed E-state index contributed by atoms with van der Waals surface area (Å²) in [4.78, 5) is 9.02. The Hall–Kier alpha value is -2.53. The van der Waals surface area contributed by atoms with E-state index in [1.165, 1.54) is 0 Å². The Morgan fingerprint density at radius 2 is 1.90 bits per heavy atom. The van der Waals surface area contributed by atoms with Crippen molar-refractivity contribution in [2.75, 3.05) is 18.5 Å². The highest BCUT2D eigenvalue weighted by Crippen LogP contribution is 2.29. The minimum absolute atomic E-state index is 0.0163. The normalized spacial score (nSPS) is 26.1. The molecule has 4 rings (SSSR count). The molecule has 2 aliphatic heterocycles. The van der Waals surface area contributed by atoms with Crippen LogP contribution in [0.15, 0.2) is 36.5 Å². The Kier molecular flexibility index (Phi) is 5.50. The van der Waals surface area contributed by atoms with Crippen LogP contribution in [0, 0.1) is 11.3 Å². The van der Waals surface area contributed by atoms with E-state index in [1.54, 1.807) is 6.20 Å². The van der Waals surface area contributed by atoms with Crippen molar-refractivity contribution in [3.05, 3.63) is 53.3 Å². The maximum atomic E-state index is 9.05. The third-order valence-corrected chi connectivity index (χ3v) is 5.42. The van der Waals surface area contributed by atoms with Crippen LogP contribution in [0.5, 0.6) is 0 Å². The fourth-order valence-electron chi connectivity index (χ4n) is 3.81. The van der Waals surface area contributed by atoms with E-state index in [0.717, 1.165) is 11.3 Å². The van der Waals surface area contributed by atoms with Crippen LogP contribution in [-0.4, -0.2) is 47.5 Å². The molecule has 2 fully saturated rings. The van der Waals surface area contributed by atoms with Crippen molar-refractivity contribution in [3.8, 4) is 6.07 Å². The van der Waals surface area contributed by atoms with Gasteiger partial charge in [-0.3, -0.25) is 0 Å². The number of aromatic nitrogens is 2. The van der Waals surface area contributed by atoms with E-state index in [4.69, 9.17) is 14.7 Å². The van der Waals surface area contributed by atoms with Crippen molar-refractivity contribution < 1.29 is 9.47 Å². The SMILES string of the molecule is CC(C)(C)c1ccnc(NC2COC3C(NCc4cccc(C#N)c4)COC23)n1. The average Bonchev–Trinajstić information content (AvgIpc) is 3.29. The number of rotatable bonds is 5. The van der Waals surface area contributed by atoms with Crippen LogP contribution >= 0.6 is 0 Å². The van der Waals surface area contributed by atoms with Crippen molar-refractivity contribution >= 4 is 5.95 Å². The van der Waals surface area contributed by atoms with Gasteiger partial charge in [0.15, 0.2) is 0 Å². The van der Waals surface area contributed by atoms with Gasteiger partial charge in [-0.1, -0.05) is 32.9 Å². The number of anilines is 1. The largest absolute Gasteiger partial charge is 0.371 e. The molecule has 2 N–H and O–H groups in total. The molecule has 2 aromatic rings. The molecule has 0 saturated carbocycles. The zero-order valence-electron chi connectivity index (χ0n) is 17.1. The second-order valence-electron chi connectivity index (χ2n) is 8.66. The molecule has 1 aromatic carbocycles. The predicted octanol–water partition coefficient (Wildman–Crippen LogP) is 2.38. The highest BCUT2D eigenvalue weighted by Gasteiger charge is 2.47. The first-order chi connectivity index (χ1) is 13.9. The summed E-state index contributed by atoms with van der Waals surface area (Å²) in [6.45, 7) is 8.23. The van der Waals surface area contributed by atoms with Gasteiger partial charge in [0.2, 0.25) is 5.95 Å². The van der Waals surface area contributed by atoms with Crippen LogP contribution in [0.4, 0.5) is 5.95 Å². The van der Waals surface area contributed by atoms with Crippen molar-refractivity contribution in [2.45, 2.75) is 57.0 Å². The number of fused-ring (bicyclic) bond motifs is 1. The standard InChI is InChI=1S/C22H27N5O2/c1-22(2,3)18-7-8-24-21(27-18)26-17-13-29-19-16(12-28-20(17)19)25-11-15-6-4-5-14(9-15)10-23/h4-9,16-17,19-20,25H,11-13H2,1-3H3,(H,24,26,27). The molecule has 2 aliphatic rings. The smallest absolute Gasteiger partial charge is 0.223 e. The van der Waals surface area contributed by atoms with Gasteiger partial charge in [0.1, 0.15) is 12.2 Å². The molecule has 7 nitrogen and oxygen atoms in total. The molecule has 0 amide bonds. The van der Waals surface area contributed by atoms with Crippen LogP contribution in [-0.2, 0) is 21.4 Å². The second-order valence-corrected chi connectivity index (χ2v) is 8.66. The molecular weight excluding hydrogens is 366 g/mol. The fourth-order valence-corrected chi connectivity index (χ4v) is 3.81. The van der Waals surface area contributed by atoms with Gasteiger partial charge in [-0.25, -0.2) is 9.97 Å². The molecule has 4 unspecified atom stereocenters. The molecule has 0 spiro atoms. The van der Waals surface area contributed by atoms with Crippen LogP contribution in [0.25, 0.3) is 0 Å². The lowest BCUT2D eigenvalue weighted by molar-refractivity contribution is 0.0675. The highest BCUT2D eigenvalue weighted by atomic mass is 16.6. The lowest BCUT2D eigenvalue weighted by atomic mass is 9.92. The van der Waals surface area contributed by atoms with Crippen LogP contribution in [0.3, 0.4) is 0 Å². The zero-order chi connectivity index (χ0) is 20.4. The Labute approximate surface area is 171 Å². The minimum Gasteiger partial charge on any atom is -0.371 e. The molecule has 0 radical (unpaired) electrons. The molecule has 3 heterocycles. The Morgan fingerprint density at radius 1 is 1.14 bits per heavy atom. The quantitative estimate of drug-likeness (QED) is 0.806. The average molecular weight is 393 g/mol. The number of nitriles is 1. The lowest BCUT2D eigenvalue weighted by Gasteiger charge is -2.21. The maximum Gasteiger partial charge on any atom is 0.223 e. The monoisotopic (exact) mass is 393 g/mol. The van der Waals surface area contributed by atoms with Crippen LogP contribution < -0.4 is 10.6 Å². The summed E-state index contributed by atoms with van der Waals surface area (Å²) < 4.78 is 12.1. The maximum absolute atomic E-state index is 9.05. The molecular formula is C22H27N5O2. The van der Waals surface area contributed by atoms with Gasteiger partial charge in [-0.05, 0) is 23.8 Å². The van der Waals surface area contributed by atoms with Crippen LogP contribution in [0.2, 0.25) is 0 Å². The summed E-state index contributed by atoms with van der Waals surface area (Å²) in [5.41, 5.74) is 2.71. The van der Waals surface area contributed by atoms with Crippen molar-refractivity contribution in [1.82, 2.24) is 15.3 Å². The van der Waals surface area contributed by atoms with Gasteiger partial charge < -0.3 is 20.1 Å². The van der Waals surface area contributed by atoms with Gasteiger partial charge in [0.25, 0.3) is 0 Å². The zero-order valence-corrected chi connectivity index (χ0v) is 17.1.